The Kier molecular flexibility index (Phi) is 10.1. The smallest absolute Gasteiger partial charge is 0.0713 e. The highest BCUT2D eigenvalue weighted by Crippen LogP contribution is 2.57. The molecule has 0 aliphatic heterocycles. The molecule has 0 N–H and O–H groups in total. The maximum Gasteiger partial charge on any atom is 0.0713 e. The highest BCUT2D eigenvalue weighted by atomic mass is 15.2. The number of hydrogen-bond acceptors (Lipinski definition) is 1. The van der Waals surface area contributed by atoms with Crippen LogP contribution in [0, 0.1) is 0 Å². The lowest BCUT2D eigenvalue weighted by Gasteiger charge is -2.34. The number of anilines is 3. The van der Waals surface area contributed by atoms with Crippen molar-refractivity contribution in [1.82, 2.24) is 4.57 Å². The van der Waals surface area contributed by atoms with Crippen LogP contribution in [-0.4, -0.2) is 4.57 Å². The van der Waals surface area contributed by atoms with E-state index in [1.807, 2.05) is 0 Å². The van der Waals surface area contributed by atoms with Gasteiger partial charge in [-0.25, -0.2) is 0 Å². The van der Waals surface area contributed by atoms with Crippen molar-refractivity contribution < 1.29 is 0 Å². The summed E-state index contributed by atoms with van der Waals surface area (Å²) in [5, 5.41) is 4.97. The SMILES string of the molecule is c1ccc(C2(c3ccccc3)c3ccccc3-c3ccc(-c4ccc(N(c5ccc(-c6cccc(-c7ccc8ccccc8c7)c6)cc5)c5ccccc5-n5c6ccccc6c6ccccc65)cc4)cc32)cc1. The van der Waals surface area contributed by atoms with E-state index >= 15 is 0 Å². The van der Waals surface area contributed by atoms with Crippen LogP contribution in [-0.2, 0) is 5.41 Å². The molecule has 0 radical (unpaired) electrons. The molecule has 0 saturated heterocycles. The lowest BCUT2D eigenvalue weighted by molar-refractivity contribution is 0.769. The zero-order chi connectivity index (χ0) is 48.3. The standard InChI is InChI=1S/C71H48N2/c1-3-22-57(23-4-1)71(58-24-5-2-6-25-58)65-29-12-9-26-61(65)62-45-40-56(48-66(62)71)51-38-43-60(44-39-51)72(69-32-15-16-33-70(69)73-67-30-13-10-27-63(67)64-28-11-14-31-68(64)73)59-41-36-50(37-42-59)53-20-17-21-54(46-53)55-35-34-49-18-7-8-19-52(49)47-55/h1-48H. The topological polar surface area (TPSA) is 8.17 Å². The van der Waals surface area contributed by atoms with Gasteiger partial charge in [-0.1, -0.05) is 224 Å². The average Bonchev–Trinajstić information content (AvgIpc) is 3.97. The van der Waals surface area contributed by atoms with Gasteiger partial charge in [0.2, 0.25) is 0 Å². The van der Waals surface area contributed by atoms with Crippen LogP contribution in [0.3, 0.4) is 0 Å². The summed E-state index contributed by atoms with van der Waals surface area (Å²) in [5.41, 5.74) is 21.0. The van der Waals surface area contributed by atoms with Crippen LogP contribution < -0.4 is 4.90 Å². The molecule has 2 heteroatoms. The van der Waals surface area contributed by atoms with Gasteiger partial charge in [0, 0.05) is 22.1 Å². The molecular formula is C71H48N2. The molecule has 14 rings (SSSR count). The van der Waals surface area contributed by atoms with E-state index in [2.05, 4.69) is 301 Å². The Labute approximate surface area is 426 Å². The summed E-state index contributed by atoms with van der Waals surface area (Å²) in [7, 11) is 0. The van der Waals surface area contributed by atoms with Crippen molar-refractivity contribution in [3.8, 4) is 50.2 Å². The van der Waals surface area contributed by atoms with Crippen molar-refractivity contribution >= 4 is 49.6 Å². The van der Waals surface area contributed by atoms with Crippen molar-refractivity contribution in [2.24, 2.45) is 0 Å². The zero-order valence-corrected chi connectivity index (χ0v) is 40.1. The van der Waals surface area contributed by atoms with Gasteiger partial charge in [0.1, 0.15) is 0 Å². The van der Waals surface area contributed by atoms with Gasteiger partial charge in [-0.2, -0.15) is 0 Å². The number of para-hydroxylation sites is 4. The lowest BCUT2D eigenvalue weighted by atomic mass is 9.67. The van der Waals surface area contributed by atoms with Crippen LogP contribution in [0.15, 0.2) is 291 Å². The molecule has 13 aromatic rings. The molecule has 1 heterocycles. The third-order valence-electron chi connectivity index (χ3n) is 15.3. The predicted molar refractivity (Wildman–Crippen MR) is 307 cm³/mol. The summed E-state index contributed by atoms with van der Waals surface area (Å²) < 4.78 is 2.43. The molecular weight excluding hydrogens is 881 g/mol. The van der Waals surface area contributed by atoms with E-state index in [0.717, 1.165) is 28.3 Å². The monoisotopic (exact) mass is 928 g/mol. The molecule has 1 aliphatic carbocycles. The van der Waals surface area contributed by atoms with Crippen molar-refractivity contribution in [3.05, 3.63) is 313 Å². The fourth-order valence-electron chi connectivity index (χ4n) is 11.9. The van der Waals surface area contributed by atoms with Gasteiger partial charge in [0.15, 0.2) is 0 Å². The van der Waals surface area contributed by atoms with E-state index in [-0.39, 0.29) is 0 Å². The molecule has 73 heavy (non-hydrogen) atoms. The Morgan fingerprint density at radius 2 is 0.767 bits per heavy atom. The minimum Gasteiger partial charge on any atom is -0.308 e. The molecule has 0 fully saturated rings. The Bertz CT molecular complexity index is 4090. The Morgan fingerprint density at radius 3 is 1.44 bits per heavy atom. The van der Waals surface area contributed by atoms with Crippen LogP contribution in [0.5, 0.6) is 0 Å². The Hall–Kier alpha value is -9.50. The van der Waals surface area contributed by atoms with Gasteiger partial charge in [-0.05, 0) is 144 Å². The fraction of sp³-hybridized carbons (Fsp3) is 0.0141. The minimum absolute atomic E-state index is 0.471. The number of aromatic nitrogens is 1. The lowest BCUT2D eigenvalue weighted by Crippen LogP contribution is -2.28. The van der Waals surface area contributed by atoms with Crippen LogP contribution in [0.25, 0.3) is 82.8 Å². The summed E-state index contributed by atoms with van der Waals surface area (Å²) in [6, 6.07) is 107. The van der Waals surface area contributed by atoms with Crippen LogP contribution >= 0.6 is 0 Å². The quantitative estimate of drug-likeness (QED) is 0.140. The second-order valence-corrected chi connectivity index (χ2v) is 19.2. The van der Waals surface area contributed by atoms with Gasteiger partial charge in [-0.15, -0.1) is 0 Å². The summed E-state index contributed by atoms with van der Waals surface area (Å²) in [6.07, 6.45) is 0. The Balaban J connectivity index is 0.899. The third kappa shape index (κ3) is 6.94. The van der Waals surface area contributed by atoms with E-state index in [1.165, 1.54) is 93.8 Å². The number of nitrogens with zero attached hydrogens (tertiary/aromatic N) is 2. The first-order valence-corrected chi connectivity index (χ1v) is 25.2. The summed E-state index contributed by atoms with van der Waals surface area (Å²) in [5.74, 6) is 0. The van der Waals surface area contributed by atoms with Gasteiger partial charge in [-0.3, -0.25) is 0 Å². The van der Waals surface area contributed by atoms with E-state index in [0.29, 0.717) is 0 Å². The molecule has 0 bridgehead atoms. The second kappa shape index (κ2) is 17.4. The van der Waals surface area contributed by atoms with Gasteiger partial charge >= 0.3 is 0 Å². The summed E-state index contributed by atoms with van der Waals surface area (Å²) in [6.45, 7) is 0. The summed E-state index contributed by atoms with van der Waals surface area (Å²) in [4.78, 5) is 2.42. The van der Waals surface area contributed by atoms with Gasteiger partial charge in [0.05, 0.1) is 27.8 Å². The predicted octanol–water partition coefficient (Wildman–Crippen LogP) is 18.8. The first-order chi connectivity index (χ1) is 36.2. The van der Waals surface area contributed by atoms with Crippen LogP contribution in [0.2, 0.25) is 0 Å². The number of fused-ring (bicyclic) bond motifs is 7. The molecule has 0 unspecified atom stereocenters. The number of hydrogen-bond donors (Lipinski definition) is 0. The average molecular weight is 929 g/mol. The number of rotatable bonds is 9. The van der Waals surface area contributed by atoms with Crippen LogP contribution in [0.1, 0.15) is 22.3 Å². The maximum atomic E-state index is 2.45. The van der Waals surface area contributed by atoms with E-state index in [9.17, 15) is 0 Å². The van der Waals surface area contributed by atoms with Crippen molar-refractivity contribution in [3.63, 3.8) is 0 Å². The number of benzene rings is 12. The highest BCUT2D eigenvalue weighted by molar-refractivity contribution is 6.10. The fourth-order valence-corrected chi connectivity index (χ4v) is 11.9. The first-order valence-electron chi connectivity index (χ1n) is 25.2. The molecule has 12 aromatic carbocycles. The molecule has 1 aromatic heterocycles. The molecule has 0 spiro atoms. The third-order valence-corrected chi connectivity index (χ3v) is 15.3. The highest BCUT2D eigenvalue weighted by Gasteiger charge is 2.46. The van der Waals surface area contributed by atoms with Crippen molar-refractivity contribution in [1.29, 1.82) is 0 Å². The minimum atomic E-state index is -0.471. The molecule has 342 valence electrons. The van der Waals surface area contributed by atoms with E-state index < -0.39 is 5.41 Å². The molecule has 0 amide bonds. The molecule has 2 nitrogen and oxygen atoms in total. The van der Waals surface area contributed by atoms with Crippen LogP contribution in [0.4, 0.5) is 17.1 Å². The van der Waals surface area contributed by atoms with Gasteiger partial charge < -0.3 is 9.47 Å². The maximum absolute atomic E-state index is 2.45. The normalized spacial score (nSPS) is 12.5. The summed E-state index contributed by atoms with van der Waals surface area (Å²) >= 11 is 0. The van der Waals surface area contributed by atoms with E-state index in [4.69, 9.17) is 0 Å². The molecule has 1 aliphatic rings. The van der Waals surface area contributed by atoms with Crippen molar-refractivity contribution in [2.45, 2.75) is 5.41 Å². The molecule has 0 saturated carbocycles. The largest absolute Gasteiger partial charge is 0.308 e. The zero-order valence-electron chi connectivity index (χ0n) is 40.1. The van der Waals surface area contributed by atoms with E-state index in [1.54, 1.807) is 0 Å². The second-order valence-electron chi connectivity index (χ2n) is 19.2. The first kappa shape index (κ1) is 42.4. The van der Waals surface area contributed by atoms with Gasteiger partial charge in [0.25, 0.3) is 0 Å². The molecule has 0 atom stereocenters. The Morgan fingerprint density at radius 1 is 0.288 bits per heavy atom. The van der Waals surface area contributed by atoms with Crippen molar-refractivity contribution in [2.75, 3.05) is 4.90 Å².